The van der Waals surface area contributed by atoms with Gasteiger partial charge in [0, 0.05) is 29.2 Å². The molecular weight excluding hydrogens is 228 g/mol. The van der Waals surface area contributed by atoms with Crippen molar-refractivity contribution < 1.29 is 9.32 Å². The molecule has 2 heterocycles. The van der Waals surface area contributed by atoms with Crippen molar-refractivity contribution in [1.29, 1.82) is 0 Å². The number of Topliss-reactive ketones (excluding diaryl/α,β-unsaturated/α-hetero) is 1. The van der Waals surface area contributed by atoms with Crippen LogP contribution < -0.4 is 5.32 Å². The van der Waals surface area contributed by atoms with E-state index >= 15 is 0 Å². The van der Waals surface area contributed by atoms with Crippen LogP contribution in [0.15, 0.2) is 15.8 Å². The third-order valence-corrected chi connectivity index (χ3v) is 3.92. The third kappa shape index (κ3) is 1.51. The predicted molar refractivity (Wildman–Crippen MR) is 68.3 cm³/mol. The minimum Gasteiger partial charge on any atom is -0.338 e. The maximum Gasteiger partial charge on any atom is 0.232 e. The molecular formula is C14H18N2O2. The molecule has 0 aromatic carbocycles. The monoisotopic (exact) mass is 246 g/mol. The second-order valence-electron chi connectivity index (χ2n) is 5.53. The Hall–Kier alpha value is -1.58. The Labute approximate surface area is 106 Å². The molecule has 0 saturated heterocycles. The number of carbonyl (C=O) groups excluding carboxylic acids is 1. The highest BCUT2D eigenvalue weighted by Gasteiger charge is 2.38. The van der Waals surface area contributed by atoms with Crippen molar-refractivity contribution in [2.75, 3.05) is 5.32 Å². The molecule has 0 unspecified atom stereocenters. The third-order valence-electron chi connectivity index (χ3n) is 3.92. The number of nitrogens with zero attached hydrogens (tertiary/aromatic N) is 1. The molecule has 1 aliphatic heterocycles. The van der Waals surface area contributed by atoms with Crippen LogP contribution in [0.3, 0.4) is 0 Å². The normalized spacial score (nSPS) is 22.9. The number of nitrogens with one attached hydrogen (secondary N) is 1. The fraction of sp³-hybridized carbons (Fsp3) is 0.571. The molecule has 1 N–H and O–H groups in total. The van der Waals surface area contributed by atoms with Crippen LogP contribution in [0.4, 0.5) is 5.88 Å². The summed E-state index contributed by atoms with van der Waals surface area (Å²) >= 11 is 0. The largest absolute Gasteiger partial charge is 0.338 e. The number of aromatic nitrogens is 1. The Bertz CT molecular complexity index is 540. The van der Waals surface area contributed by atoms with E-state index in [4.69, 9.17) is 4.52 Å². The van der Waals surface area contributed by atoms with E-state index in [-0.39, 0.29) is 11.7 Å². The molecule has 3 rings (SSSR count). The van der Waals surface area contributed by atoms with Crippen molar-refractivity contribution >= 4 is 11.7 Å². The molecule has 1 aromatic rings. The maximum atomic E-state index is 12.2. The van der Waals surface area contributed by atoms with Gasteiger partial charge in [0.2, 0.25) is 5.88 Å². The molecule has 0 spiro atoms. The number of hydrogen-bond donors (Lipinski definition) is 1. The first kappa shape index (κ1) is 11.5. The van der Waals surface area contributed by atoms with E-state index in [0.717, 1.165) is 41.3 Å². The summed E-state index contributed by atoms with van der Waals surface area (Å²) in [5.41, 5.74) is 3.98. The molecule has 96 valence electrons. The number of rotatable bonds is 1. The van der Waals surface area contributed by atoms with E-state index in [1.165, 1.54) is 0 Å². The quantitative estimate of drug-likeness (QED) is 0.827. The second-order valence-corrected chi connectivity index (χ2v) is 5.53. The summed E-state index contributed by atoms with van der Waals surface area (Å²) in [7, 11) is 0. The molecule has 1 aliphatic carbocycles. The number of anilines is 1. The SMILES string of the molecule is Cc1noc2c1[C@H](C(C)C)C1=C(CCCC1=O)N2. The van der Waals surface area contributed by atoms with Gasteiger partial charge in [-0.3, -0.25) is 4.79 Å². The Morgan fingerprint density at radius 2 is 2.17 bits per heavy atom. The van der Waals surface area contributed by atoms with Gasteiger partial charge >= 0.3 is 0 Å². The van der Waals surface area contributed by atoms with Crippen molar-refractivity contribution in [2.24, 2.45) is 5.92 Å². The lowest BCUT2D eigenvalue weighted by Gasteiger charge is -2.33. The van der Waals surface area contributed by atoms with Crippen molar-refractivity contribution in [3.8, 4) is 0 Å². The summed E-state index contributed by atoms with van der Waals surface area (Å²) < 4.78 is 5.34. The fourth-order valence-corrected chi connectivity index (χ4v) is 3.14. The summed E-state index contributed by atoms with van der Waals surface area (Å²) in [6, 6.07) is 0. The van der Waals surface area contributed by atoms with Crippen molar-refractivity contribution in [3.63, 3.8) is 0 Å². The van der Waals surface area contributed by atoms with Crippen molar-refractivity contribution in [3.05, 3.63) is 22.5 Å². The minimum absolute atomic E-state index is 0.135. The summed E-state index contributed by atoms with van der Waals surface area (Å²) in [6.45, 7) is 6.25. The van der Waals surface area contributed by atoms with Crippen LogP contribution in [0.5, 0.6) is 0 Å². The highest BCUT2D eigenvalue weighted by atomic mass is 16.5. The standard InChI is InChI=1S/C14H18N2O2/c1-7(2)11-12-8(3)16-18-14(12)15-9-5-4-6-10(17)13(9)11/h7,11,15H,4-6H2,1-3H3/t11-/m0/s1. The summed E-state index contributed by atoms with van der Waals surface area (Å²) in [5.74, 6) is 1.53. The van der Waals surface area contributed by atoms with Crippen molar-refractivity contribution in [2.45, 2.75) is 46.0 Å². The van der Waals surface area contributed by atoms with E-state index in [1.807, 2.05) is 6.92 Å². The van der Waals surface area contributed by atoms with E-state index < -0.39 is 0 Å². The zero-order valence-electron chi connectivity index (χ0n) is 11.0. The zero-order valence-corrected chi connectivity index (χ0v) is 11.0. The van der Waals surface area contributed by atoms with E-state index in [2.05, 4.69) is 24.3 Å². The topological polar surface area (TPSA) is 55.1 Å². The molecule has 4 nitrogen and oxygen atoms in total. The van der Waals surface area contributed by atoms with Crippen LogP contribution in [-0.2, 0) is 4.79 Å². The Kier molecular flexibility index (Phi) is 2.54. The lowest BCUT2D eigenvalue weighted by Crippen LogP contribution is -2.28. The molecule has 4 heteroatoms. The van der Waals surface area contributed by atoms with E-state index in [1.54, 1.807) is 0 Å². The number of hydrogen-bond acceptors (Lipinski definition) is 4. The van der Waals surface area contributed by atoms with Crippen molar-refractivity contribution in [1.82, 2.24) is 5.16 Å². The molecule has 0 radical (unpaired) electrons. The van der Waals surface area contributed by atoms with Gasteiger partial charge in [0.05, 0.1) is 5.69 Å². The van der Waals surface area contributed by atoms with Gasteiger partial charge in [0.25, 0.3) is 0 Å². The first-order valence-electron chi connectivity index (χ1n) is 6.59. The van der Waals surface area contributed by atoms with Gasteiger partial charge in [-0.1, -0.05) is 19.0 Å². The summed E-state index contributed by atoms with van der Waals surface area (Å²) in [4.78, 5) is 12.2. The fourth-order valence-electron chi connectivity index (χ4n) is 3.14. The average Bonchev–Trinajstić information content (AvgIpc) is 2.68. The van der Waals surface area contributed by atoms with Gasteiger partial charge in [-0.2, -0.15) is 0 Å². The number of aryl methyl sites for hydroxylation is 1. The van der Waals surface area contributed by atoms with E-state index in [0.29, 0.717) is 12.3 Å². The summed E-state index contributed by atoms with van der Waals surface area (Å²) in [6.07, 6.45) is 2.53. The van der Waals surface area contributed by atoms with Crippen LogP contribution in [0.2, 0.25) is 0 Å². The average molecular weight is 246 g/mol. The lowest BCUT2D eigenvalue weighted by atomic mass is 9.74. The van der Waals surface area contributed by atoms with Gasteiger partial charge in [-0.15, -0.1) is 0 Å². The molecule has 0 bridgehead atoms. The van der Waals surface area contributed by atoms with Crippen LogP contribution in [-0.4, -0.2) is 10.9 Å². The Morgan fingerprint density at radius 3 is 2.89 bits per heavy atom. The van der Waals surface area contributed by atoms with Gasteiger partial charge in [0.15, 0.2) is 5.78 Å². The Morgan fingerprint density at radius 1 is 1.39 bits per heavy atom. The van der Waals surface area contributed by atoms with Gasteiger partial charge < -0.3 is 9.84 Å². The number of fused-ring (bicyclic) bond motifs is 1. The number of carbonyl (C=O) groups is 1. The van der Waals surface area contributed by atoms with Gasteiger partial charge in [-0.25, -0.2) is 0 Å². The van der Waals surface area contributed by atoms with Crippen LogP contribution >= 0.6 is 0 Å². The minimum atomic E-state index is 0.135. The molecule has 1 atom stereocenters. The van der Waals surface area contributed by atoms with Crippen LogP contribution in [0.1, 0.15) is 50.3 Å². The Balaban J connectivity index is 2.17. The van der Waals surface area contributed by atoms with Crippen LogP contribution in [0, 0.1) is 12.8 Å². The number of ketones is 1. The van der Waals surface area contributed by atoms with Gasteiger partial charge in [-0.05, 0) is 25.7 Å². The molecule has 1 aromatic heterocycles. The highest BCUT2D eigenvalue weighted by molar-refractivity contribution is 6.00. The smallest absolute Gasteiger partial charge is 0.232 e. The zero-order chi connectivity index (χ0) is 12.9. The number of allylic oxidation sites excluding steroid dienone is 2. The molecule has 18 heavy (non-hydrogen) atoms. The lowest BCUT2D eigenvalue weighted by molar-refractivity contribution is -0.116. The summed E-state index contributed by atoms with van der Waals surface area (Å²) in [5, 5.41) is 7.30. The first-order valence-corrected chi connectivity index (χ1v) is 6.59. The molecule has 0 fully saturated rings. The molecule has 0 amide bonds. The first-order chi connectivity index (χ1) is 8.59. The predicted octanol–water partition coefficient (Wildman–Crippen LogP) is 3.16. The van der Waals surface area contributed by atoms with Crippen LogP contribution in [0.25, 0.3) is 0 Å². The van der Waals surface area contributed by atoms with E-state index in [9.17, 15) is 4.79 Å². The molecule has 2 aliphatic rings. The second kappa shape index (κ2) is 3.97. The maximum absolute atomic E-state index is 12.2. The van der Waals surface area contributed by atoms with Gasteiger partial charge in [0.1, 0.15) is 0 Å². The molecule has 0 saturated carbocycles. The highest BCUT2D eigenvalue weighted by Crippen LogP contribution is 2.46.